The molecule has 0 aliphatic heterocycles. The number of nitrogens with two attached hydrogens (primary N) is 1. The molecule has 3 amide bonds. The highest BCUT2D eigenvalue weighted by molar-refractivity contribution is 5.94. The molecule has 0 saturated carbocycles. The summed E-state index contributed by atoms with van der Waals surface area (Å²) in [5.74, 6) is -1.14. The van der Waals surface area contributed by atoms with Crippen LogP contribution in [0.4, 0.5) is 5.69 Å². The monoisotopic (exact) mass is 436 g/mol. The number of anilines is 1. The smallest absolute Gasteiger partial charge is 0.251 e. The van der Waals surface area contributed by atoms with Gasteiger partial charge in [0, 0.05) is 30.9 Å². The number of hydrogen-bond acceptors (Lipinski definition) is 6. The molecule has 0 spiro atoms. The van der Waals surface area contributed by atoms with Gasteiger partial charge < -0.3 is 31.2 Å². The summed E-state index contributed by atoms with van der Waals surface area (Å²) in [6.45, 7) is 6.47. The maximum absolute atomic E-state index is 12.2. The van der Waals surface area contributed by atoms with Crippen molar-refractivity contribution in [3.8, 4) is 0 Å². The third-order valence-corrected chi connectivity index (χ3v) is 4.42. The standard InChI is InChI=1S/C22H36N4O5/c1-3-12-24-18-10-8-17(9-11-18)22(29)25-13-6-5-7-19(21(23)28)26-20(27)16-31-15-14-30-4-2/h8-11,19,24H,3-7,12-16H2,1-2H3,(H2,23,28)(H,25,29)(H,26,27)/t19-/m0/s1. The van der Waals surface area contributed by atoms with Crippen LogP contribution in [0.2, 0.25) is 0 Å². The Labute approximate surface area is 184 Å². The molecule has 0 bridgehead atoms. The molecule has 0 aliphatic rings. The predicted molar refractivity (Wildman–Crippen MR) is 120 cm³/mol. The minimum absolute atomic E-state index is 0.147. The lowest BCUT2D eigenvalue weighted by molar-refractivity contribution is -0.130. The van der Waals surface area contributed by atoms with Gasteiger partial charge in [0.05, 0.1) is 13.2 Å². The van der Waals surface area contributed by atoms with Crippen molar-refractivity contribution in [1.29, 1.82) is 0 Å². The molecule has 1 atom stereocenters. The Morgan fingerprint density at radius 3 is 2.35 bits per heavy atom. The fraction of sp³-hybridized carbons (Fsp3) is 0.591. The van der Waals surface area contributed by atoms with Crippen LogP contribution in [0.25, 0.3) is 0 Å². The van der Waals surface area contributed by atoms with Crippen molar-refractivity contribution >= 4 is 23.4 Å². The molecule has 5 N–H and O–H groups in total. The Morgan fingerprint density at radius 1 is 1.00 bits per heavy atom. The van der Waals surface area contributed by atoms with Crippen molar-refractivity contribution in [2.24, 2.45) is 5.73 Å². The molecule has 0 aliphatic carbocycles. The van der Waals surface area contributed by atoms with E-state index in [0.717, 1.165) is 18.7 Å². The number of hydrogen-bond donors (Lipinski definition) is 4. The summed E-state index contributed by atoms with van der Waals surface area (Å²) in [6, 6.07) is 6.56. The number of unbranched alkanes of at least 4 members (excludes halogenated alkanes) is 1. The number of ether oxygens (including phenoxy) is 2. The first-order valence-electron chi connectivity index (χ1n) is 10.8. The maximum atomic E-state index is 12.2. The first-order chi connectivity index (χ1) is 15.0. The molecular weight excluding hydrogens is 400 g/mol. The van der Waals surface area contributed by atoms with E-state index in [4.69, 9.17) is 15.2 Å². The largest absolute Gasteiger partial charge is 0.385 e. The summed E-state index contributed by atoms with van der Waals surface area (Å²) >= 11 is 0. The highest BCUT2D eigenvalue weighted by atomic mass is 16.5. The zero-order chi connectivity index (χ0) is 22.9. The lowest BCUT2D eigenvalue weighted by Crippen LogP contribution is -2.45. The Kier molecular flexibility index (Phi) is 13.7. The predicted octanol–water partition coefficient (Wildman–Crippen LogP) is 1.43. The van der Waals surface area contributed by atoms with Crippen molar-refractivity contribution in [2.45, 2.75) is 45.6 Å². The van der Waals surface area contributed by atoms with Gasteiger partial charge in [0.1, 0.15) is 12.6 Å². The molecule has 1 aromatic carbocycles. The van der Waals surface area contributed by atoms with Gasteiger partial charge in [-0.1, -0.05) is 6.92 Å². The summed E-state index contributed by atoms with van der Waals surface area (Å²) in [6.07, 6.45) is 2.71. The SMILES string of the molecule is CCCNc1ccc(C(=O)NCCCC[C@H](NC(=O)COCCOCC)C(N)=O)cc1. The molecule has 0 saturated heterocycles. The fourth-order valence-corrected chi connectivity index (χ4v) is 2.73. The second-order valence-corrected chi connectivity index (χ2v) is 7.03. The van der Waals surface area contributed by atoms with Crippen molar-refractivity contribution in [3.63, 3.8) is 0 Å². The molecule has 0 heterocycles. The Hall–Kier alpha value is -2.65. The zero-order valence-corrected chi connectivity index (χ0v) is 18.6. The van der Waals surface area contributed by atoms with Gasteiger partial charge in [-0.3, -0.25) is 14.4 Å². The second-order valence-electron chi connectivity index (χ2n) is 7.03. The van der Waals surface area contributed by atoms with Gasteiger partial charge in [-0.05, 0) is 56.9 Å². The first kappa shape index (κ1) is 26.4. The van der Waals surface area contributed by atoms with Gasteiger partial charge in [0.25, 0.3) is 5.91 Å². The van der Waals surface area contributed by atoms with E-state index < -0.39 is 17.9 Å². The van der Waals surface area contributed by atoms with Crippen LogP contribution < -0.4 is 21.7 Å². The molecule has 9 nitrogen and oxygen atoms in total. The average Bonchev–Trinajstić information content (AvgIpc) is 2.76. The number of carbonyl (C=O) groups excluding carboxylic acids is 3. The van der Waals surface area contributed by atoms with Crippen LogP contribution in [0.1, 0.15) is 49.9 Å². The van der Waals surface area contributed by atoms with Crippen LogP contribution >= 0.6 is 0 Å². The molecule has 0 radical (unpaired) electrons. The highest BCUT2D eigenvalue weighted by Crippen LogP contribution is 2.09. The summed E-state index contributed by atoms with van der Waals surface area (Å²) in [5, 5.41) is 8.70. The summed E-state index contributed by atoms with van der Waals surface area (Å²) in [7, 11) is 0. The van der Waals surface area contributed by atoms with Gasteiger partial charge in [-0.15, -0.1) is 0 Å². The number of carbonyl (C=O) groups is 3. The Bertz CT molecular complexity index is 666. The van der Waals surface area contributed by atoms with Gasteiger partial charge in [-0.2, -0.15) is 0 Å². The van der Waals surface area contributed by atoms with Gasteiger partial charge in [0.2, 0.25) is 11.8 Å². The minimum atomic E-state index is -0.762. The quantitative estimate of drug-likeness (QED) is 0.273. The van der Waals surface area contributed by atoms with Gasteiger partial charge >= 0.3 is 0 Å². The number of nitrogens with one attached hydrogen (secondary N) is 3. The van der Waals surface area contributed by atoms with Crippen LogP contribution in [0.3, 0.4) is 0 Å². The summed E-state index contributed by atoms with van der Waals surface area (Å²) in [4.78, 5) is 35.6. The fourth-order valence-electron chi connectivity index (χ4n) is 2.73. The van der Waals surface area contributed by atoms with E-state index in [1.807, 2.05) is 19.1 Å². The molecule has 9 heteroatoms. The van der Waals surface area contributed by atoms with Crippen LogP contribution in [0.15, 0.2) is 24.3 Å². The van der Waals surface area contributed by atoms with Crippen molar-refractivity contribution < 1.29 is 23.9 Å². The lowest BCUT2D eigenvalue weighted by Gasteiger charge is -2.15. The topological polar surface area (TPSA) is 132 Å². The van der Waals surface area contributed by atoms with E-state index in [0.29, 0.717) is 51.2 Å². The number of benzene rings is 1. The Balaban J connectivity index is 2.25. The zero-order valence-electron chi connectivity index (χ0n) is 18.6. The number of amides is 3. The van der Waals surface area contributed by atoms with Crippen molar-refractivity contribution in [1.82, 2.24) is 10.6 Å². The van der Waals surface area contributed by atoms with E-state index in [-0.39, 0.29) is 12.5 Å². The van der Waals surface area contributed by atoms with E-state index >= 15 is 0 Å². The molecule has 0 fully saturated rings. The van der Waals surface area contributed by atoms with Crippen molar-refractivity contribution in [3.05, 3.63) is 29.8 Å². The molecule has 1 rings (SSSR count). The molecular formula is C22H36N4O5. The van der Waals surface area contributed by atoms with E-state index in [1.165, 1.54) is 0 Å². The van der Waals surface area contributed by atoms with Gasteiger partial charge in [-0.25, -0.2) is 0 Å². The van der Waals surface area contributed by atoms with E-state index in [2.05, 4.69) is 22.9 Å². The van der Waals surface area contributed by atoms with Crippen LogP contribution in [-0.4, -0.2) is 63.3 Å². The van der Waals surface area contributed by atoms with Crippen LogP contribution in [0, 0.1) is 0 Å². The molecule has 1 aromatic rings. The number of rotatable bonds is 17. The molecule has 0 unspecified atom stereocenters. The van der Waals surface area contributed by atoms with Crippen LogP contribution in [-0.2, 0) is 19.1 Å². The molecule has 174 valence electrons. The summed E-state index contributed by atoms with van der Waals surface area (Å²) in [5.41, 5.74) is 6.95. The normalized spacial score (nSPS) is 11.5. The van der Waals surface area contributed by atoms with Crippen LogP contribution in [0.5, 0.6) is 0 Å². The summed E-state index contributed by atoms with van der Waals surface area (Å²) < 4.78 is 10.3. The maximum Gasteiger partial charge on any atom is 0.251 e. The number of primary amides is 1. The Morgan fingerprint density at radius 2 is 1.71 bits per heavy atom. The third kappa shape index (κ3) is 12.0. The third-order valence-electron chi connectivity index (χ3n) is 4.42. The average molecular weight is 437 g/mol. The van der Waals surface area contributed by atoms with E-state index in [1.54, 1.807) is 12.1 Å². The second kappa shape index (κ2) is 16.1. The minimum Gasteiger partial charge on any atom is -0.385 e. The first-order valence-corrected chi connectivity index (χ1v) is 10.8. The molecule has 0 aromatic heterocycles. The van der Waals surface area contributed by atoms with Crippen molar-refractivity contribution in [2.75, 3.05) is 44.8 Å². The lowest BCUT2D eigenvalue weighted by atomic mass is 10.1. The highest BCUT2D eigenvalue weighted by Gasteiger charge is 2.17. The van der Waals surface area contributed by atoms with Gasteiger partial charge in [0.15, 0.2) is 0 Å². The molecule has 31 heavy (non-hydrogen) atoms. The van der Waals surface area contributed by atoms with E-state index in [9.17, 15) is 14.4 Å².